The predicted octanol–water partition coefficient (Wildman–Crippen LogP) is 2.85. The summed E-state index contributed by atoms with van der Waals surface area (Å²) in [7, 11) is 0. The highest BCUT2D eigenvalue weighted by Crippen LogP contribution is 2.27. The van der Waals surface area contributed by atoms with Crippen molar-refractivity contribution in [3.63, 3.8) is 0 Å². The summed E-state index contributed by atoms with van der Waals surface area (Å²) < 4.78 is 40.1. The second-order valence-electron chi connectivity index (χ2n) is 3.60. The minimum Gasteiger partial charge on any atom is -0.481 e. The summed E-state index contributed by atoms with van der Waals surface area (Å²) in [6, 6.07) is 5.51. The van der Waals surface area contributed by atoms with Crippen LogP contribution in [0.25, 0.3) is 0 Å². The zero-order valence-electron chi connectivity index (χ0n) is 8.99. The van der Waals surface area contributed by atoms with E-state index >= 15 is 0 Å². The van der Waals surface area contributed by atoms with E-state index in [-0.39, 0.29) is 17.7 Å². The summed E-state index contributed by atoms with van der Waals surface area (Å²) in [4.78, 5) is 10.6. The third kappa shape index (κ3) is 4.34. The Morgan fingerprint density at radius 1 is 1.41 bits per heavy atom. The maximum absolute atomic E-state index is 12.1. The summed E-state index contributed by atoms with van der Waals surface area (Å²) in [6.07, 6.45) is -4.79. The summed E-state index contributed by atoms with van der Waals surface area (Å²) in [5.41, 5.74) is 0.222. The number of hydrogen-bond donors (Lipinski definition) is 1. The third-order valence-electron chi connectivity index (χ3n) is 2.15. The van der Waals surface area contributed by atoms with Crippen LogP contribution in [-0.2, 0) is 11.2 Å². The van der Waals surface area contributed by atoms with Crippen LogP contribution in [-0.4, -0.2) is 17.4 Å². The van der Waals surface area contributed by atoms with Gasteiger partial charge in [-0.1, -0.05) is 25.1 Å². The second-order valence-corrected chi connectivity index (χ2v) is 3.60. The molecule has 0 saturated heterocycles. The molecule has 0 amide bonds. The highest BCUT2D eigenvalue weighted by Gasteiger charge is 2.32. The smallest absolute Gasteiger partial charge is 0.481 e. The second kappa shape index (κ2) is 5.07. The number of ether oxygens (including phenoxy) is 1. The van der Waals surface area contributed by atoms with E-state index in [0.29, 0.717) is 0 Å². The van der Waals surface area contributed by atoms with E-state index in [4.69, 9.17) is 5.11 Å². The van der Waals surface area contributed by atoms with Crippen molar-refractivity contribution in [3.8, 4) is 5.75 Å². The number of carboxylic acid groups (broad SMARTS) is 1. The Morgan fingerprint density at radius 3 is 2.53 bits per heavy atom. The predicted molar refractivity (Wildman–Crippen MR) is 53.6 cm³/mol. The van der Waals surface area contributed by atoms with Gasteiger partial charge in [0.2, 0.25) is 0 Å². The van der Waals surface area contributed by atoms with Gasteiger partial charge in [0.15, 0.2) is 0 Å². The van der Waals surface area contributed by atoms with Gasteiger partial charge in [-0.05, 0) is 18.1 Å². The molecule has 1 rings (SSSR count). The van der Waals surface area contributed by atoms with E-state index in [2.05, 4.69) is 4.74 Å². The molecule has 0 aliphatic carbocycles. The van der Waals surface area contributed by atoms with E-state index in [1.165, 1.54) is 25.1 Å². The van der Waals surface area contributed by atoms with Crippen LogP contribution in [0.1, 0.15) is 12.5 Å². The molecule has 94 valence electrons. The van der Waals surface area contributed by atoms with E-state index in [0.717, 1.165) is 6.07 Å². The van der Waals surface area contributed by atoms with Crippen LogP contribution in [0.3, 0.4) is 0 Å². The van der Waals surface area contributed by atoms with Gasteiger partial charge in [0, 0.05) is 0 Å². The number of benzene rings is 1. The van der Waals surface area contributed by atoms with Gasteiger partial charge in [-0.3, -0.25) is 4.79 Å². The molecule has 1 aromatic rings. The average molecular weight is 248 g/mol. The molecule has 0 saturated carbocycles. The normalized spacial score (nSPS) is 13.2. The number of para-hydroxylation sites is 1. The zero-order valence-corrected chi connectivity index (χ0v) is 8.99. The van der Waals surface area contributed by atoms with Crippen LogP contribution >= 0.6 is 0 Å². The van der Waals surface area contributed by atoms with Crippen LogP contribution in [0.15, 0.2) is 24.3 Å². The van der Waals surface area contributed by atoms with E-state index in [1.54, 1.807) is 0 Å². The molecule has 0 aliphatic rings. The molecule has 3 nitrogen and oxygen atoms in total. The molecule has 0 aromatic heterocycles. The van der Waals surface area contributed by atoms with Gasteiger partial charge >= 0.3 is 12.3 Å². The lowest BCUT2D eigenvalue weighted by molar-refractivity contribution is -0.274. The molecule has 1 N–H and O–H groups in total. The first-order chi connectivity index (χ1) is 7.79. The highest BCUT2D eigenvalue weighted by atomic mass is 19.4. The number of aliphatic carboxylic acids is 1. The van der Waals surface area contributed by atoms with Crippen LogP contribution in [0, 0.1) is 5.92 Å². The van der Waals surface area contributed by atoms with Crippen molar-refractivity contribution < 1.29 is 27.8 Å². The number of hydrogen-bond acceptors (Lipinski definition) is 2. The zero-order chi connectivity index (χ0) is 13.1. The van der Waals surface area contributed by atoms with Crippen molar-refractivity contribution in [1.82, 2.24) is 0 Å². The monoisotopic (exact) mass is 248 g/mol. The molecule has 6 heteroatoms. The Kier molecular flexibility index (Phi) is 3.98. The number of carbonyl (C=O) groups is 1. The van der Waals surface area contributed by atoms with Crippen molar-refractivity contribution in [3.05, 3.63) is 29.8 Å². The summed E-state index contributed by atoms with van der Waals surface area (Å²) >= 11 is 0. The lowest BCUT2D eigenvalue weighted by Crippen LogP contribution is -2.19. The average Bonchev–Trinajstić information content (AvgIpc) is 2.18. The summed E-state index contributed by atoms with van der Waals surface area (Å²) in [5, 5.41) is 8.70. The highest BCUT2D eigenvalue weighted by molar-refractivity contribution is 5.70. The minimum atomic E-state index is -4.78. The standard InChI is InChI=1S/C11H11F3O3/c1-7(10(15)16)6-8-4-2-3-5-9(8)17-11(12,13)14/h2-5,7H,6H2,1H3,(H,15,16)/t7-/m1/s1. The maximum Gasteiger partial charge on any atom is 0.573 e. The van der Waals surface area contributed by atoms with Crippen LogP contribution in [0.4, 0.5) is 13.2 Å². The van der Waals surface area contributed by atoms with Gasteiger partial charge in [-0.2, -0.15) is 0 Å². The first-order valence-corrected chi connectivity index (χ1v) is 4.86. The van der Waals surface area contributed by atoms with Crippen LogP contribution < -0.4 is 4.74 Å². The minimum absolute atomic E-state index is 0.0123. The van der Waals surface area contributed by atoms with Crippen molar-refractivity contribution in [1.29, 1.82) is 0 Å². The van der Waals surface area contributed by atoms with Crippen molar-refractivity contribution in [2.45, 2.75) is 19.7 Å². The van der Waals surface area contributed by atoms with Crippen molar-refractivity contribution in [2.24, 2.45) is 5.92 Å². The maximum atomic E-state index is 12.1. The largest absolute Gasteiger partial charge is 0.573 e. The van der Waals surface area contributed by atoms with Gasteiger partial charge in [0.1, 0.15) is 5.75 Å². The third-order valence-corrected chi connectivity index (χ3v) is 2.15. The SMILES string of the molecule is C[C@H](Cc1ccccc1OC(F)(F)F)C(=O)O. The Balaban J connectivity index is 2.88. The number of halogens is 3. The first kappa shape index (κ1) is 13.3. The molecule has 0 fully saturated rings. The molecule has 1 aromatic carbocycles. The quantitative estimate of drug-likeness (QED) is 0.891. The summed E-state index contributed by atoms with van der Waals surface area (Å²) in [6.45, 7) is 1.42. The Bertz CT molecular complexity index is 401. The fourth-order valence-corrected chi connectivity index (χ4v) is 1.31. The Labute approximate surface area is 95.8 Å². The molecule has 0 unspecified atom stereocenters. The van der Waals surface area contributed by atoms with Gasteiger partial charge in [0.05, 0.1) is 5.92 Å². The summed E-state index contributed by atoms with van der Waals surface area (Å²) in [5.74, 6) is -2.19. The van der Waals surface area contributed by atoms with E-state index in [9.17, 15) is 18.0 Å². The van der Waals surface area contributed by atoms with Gasteiger partial charge < -0.3 is 9.84 Å². The van der Waals surface area contributed by atoms with Crippen molar-refractivity contribution in [2.75, 3.05) is 0 Å². The Morgan fingerprint density at radius 2 is 2.00 bits per heavy atom. The molecular weight excluding hydrogens is 237 g/mol. The van der Waals surface area contributed by atoms with Gasteiger partial charge in [-0.15, -0.1) is 13.2 Å². The molecule has 0 spiro atoms. The van der Waals surface area contributed by atoms with Crippen molar-refractivity contribution >= 4 is 5.97 Å². The fourth-order valence-electron chi connectivity index (χ4n) is 1.31. The lowest BCUT2D eigenvalue weighted by atomic mass is 10.0. The molecule has 0 heterocycles. The van der Waals surface area contributed by atoms with Gasteiger partial charge in [-0.25, -0.2) is 0 Å². The van der Waals surface area contributed by atoms with Gasteiger partial charge in [0.25, 0.3) is 0 Å². The molecule has 0 aliphatic heterocycles. The lowest BCUT2D eigenvalue weighted by Gasteiger charge is -2.14. The molecule has 0 radical (unpaired) electrons. The Hall–Kier alpha value is -1.72. The topological polar surface area (TPSA) is 46.5 Å². The molecule has 17 heavy (non-hydrogen) atoms. The first-order valence-electron chi connectivity index (χ1n) is 4.86. The number of rotatable bonds is 4. The van der Waals surface area contributed by atoms with Crippen LogP contribution in [0.5, 0.6) is 5.75 Å². The van der Waals surface area contributed by atoms with E-state index in [1.807, 2.05) is 0 Å². The fraction of sp³-hybridized carbons (Fsp3) is 0.364. The number of carboxylic acids is 1. The van der Waals surface area contributed by atoms with E-state index < -0.39 is 18.2 Å². The number of alkyl halides is 3. The van der Waals surface area contributed by atoms with Crippen LogP contribution in [0.2, 0.25) is 0 Å². The molecular formula is C11H11F3O3. The molecule has 1 atom stereocenters. The molecule has 0 bridgehead atoms.